The van der Waals surface area contributed by atoms with Crippen LogP contribution in [0.1, 0.15) is 32.4 Å². The molecule has 4 nitrogen and oxygen atoms in total. The van der Waals surface area contributed by atoms with Gasteiger partial charge in [0.25, 0.3) is 5.56 Å². The van der Waals surface area contributed by atoms with Crippen LogP contribution in [0.3, 0.4) is 0 Å². The lowest BCUT2D eigenvalue weighted by Gasteiger charge is -2.03. The van der Waals surface area contributed by atoms with Crippen LogP contribution in [-0.2, 0) is 11.2 Å². The van der Waals surface area contributed by atoms with Gasteiger partial charge in [0.2, 0.25) is 5.91 Å². The number of unbranched alkanes of at least 4 members (excludes halogenated alkanes) is 1. The van der Waals surface area contributed by atoms with Gasteiger partial charge in [-0.2, -0.15) is 0 Å². The Morgan fingerprint density at radius 2 is 2.20 bits per heavy atom. The van der Waals surface area contributed by atoms with Crippen molar-refractivity contribution in [2.75, 3.05) is 5.32 Å². The molecule has 0 aliphatic carbocycles. The average molecular weight is 208 g/mol. The summed E-state index contributed by atoms with van der Waals surface area (Å²) in [5.74, 6) is -0.234. The van der Waals surface area contributed by atoms with E-state index in [-0.39, 0.29) is 11.5 Å². The third-order valence-corrected chi connectivity index (χ3v) is 2.08. The van der Waals surface area contributed by atoms with Crippen LogP contribution in [0.15, 0.2) is 16.9 Å². The van der Waals surface area contributed by atoms with Gasteiger partial charge in [-0.1, -0.05) is 13.3 Å². The predicted octanol–water partition coefficient (Wildman–Crippen LogP) is 1.68. The van der Waals surface area contributed by atoms with Gasteiger partial charge in [-0.15, -0.1) is 0 Å². The van der Waals surface area contributed by atoms with E-state index in [1.54, 1.807) is 6.07 Å². The van der Waals surface area contributed by atoms with Crippen molar-refractivity contribution < 1.29 is 4.79 Å². The van der Waals surface area contributed by atoms with Crippen LogP contribution < -0.4 is 10.9 Å². The van der Waals surface area contributed by atoms with Gasteiger partial charge in [-0.05, 0) is 25.0 Å². The highest BCUT2D eigenvalue weighted by atomic mass is 16.2. The van der Waals surface area contributed by atoms with E-state index in [1.807, 2.05) is 6.07 Å². The minimum Gasteiger partial charge on any atom is -0.324 e. The number of hydrogen-bond donors (Lipinski definition) is 2. The molecule has 0 bridgehead atoms. The summed E-state index contributed by atoms with van der Waals surface area (Å²) in [5.41, 5.74) is 0.984. The number of carbonyl (C=O) groups is 1. The van der Waals surface area contributed by atoms with E-state index < -0.39 is 0 Å². The first-order chi connectivity index (χ1) is 7.13. The Hall–Kier alpha value is -1.58. The van der Waals surface area contributed by atoms with E-state index in [0.717, 1.165) is 25.0 Å². The Morgan fingerprint density at radius 1 is 1.47 bits per heavy atom. The number of carbonyl (C=O) groups excluding carboxylic acids is 1. The molecular formula is C11H16N2O2. The Balaban J connectivity index is 2.79. The maximum Gasteiger partial charge on any atom is 0.271 e. The summed E-state index contributed by atoms with van der Waals surface area (Å²) < 4.78 is 0. The van der Waals surface area contributed by atoms with Crippen molar-refractivity contribution in [3.8, 4) is 0 Å². The molecule has 1 aromatic rings. The first-order valence-corrected chi connectivity index (χ1v) is 5.13. The molecule has 0 atom stereocenters. The number of H-pyrrole nitrogens is 1. The lowest BCUT2D eigenvalue weighted by molar-refractivity contribution is -0.114. The van der Waals surface area contributed by atoms with Gasteiger partial charge in [0, 0.05) is 12.6 Å². The number of hydrogen-bond acceptors (Lipinski definition) is 2. The number of aromatic nitrogens is 1. The third-order valence-electron chi connectivity index (χ3n) is 2.08. The number of pyridine rings is 1. The fraction of sp³-hybridized carbons (Fsp3) is 0.455. The number of amides is 1. The molecule has 1 aromatic heterocycles. The quantitative estimate of drug-likeness (QED) is 0.790. The Morgan fingerprint density at radius 3 is 2.73 bits per heavy atom. The number of anilines is 1. The molecular weight excluding hydrogens is 192 g/mol. The van der Waals surface area contributed by atoms with Crippen molar-refractivity contribution >= 4 is 11.6 Å². The predicted molar refractivity (Wildman–Crippen MR) is 60.0 cm³/mol. The molecule has 0 aliphatic rings. The molecule has 0 aliphatic heterocycles. The molecule has 0 aromatic carbocycles. The average Bonchev–Trinajstić information content (AvgIpc) is 2.18. The molecule has 15 heavy (non-hydrogen) atoms. The van der Waals surface area contributed by atoms with Gasteiger partial charge in [-0.25, -0.2) is 0 Å². The molecule has 0 saturated heterocycles. The van der Waals surface area contributed by atoms with Crippen LogP contribution in [0.2, 0.25) is 0 Å². The van der Waals surface area contributed by atoms with Gasteiger partial charge in [0.1, 0.15) is 5.69 Å². The van der Waals surface area contributed by atoms with Gasteiger partial charge >= 0.3 is 0 Å². The molecule has 0 unspecified atom stereocenters. The largest absolute Gasteiger partial charge is 0.324 e. The lowest BCUT2D eigenvalue weighted by atomic mass is 10.2. The number of rotatable bonds is 4. The van der Waals surface area contributed by atoms with Crippen LogP contribution in [0.25, 0.3) is 0 Å². The third kappa shape index (κ3) is 3.58. The van der Waals surface area contributed by atoms with E-state index >= 15 is 0 Å². The normalized spacial score (nSPS) is 10.0. The summed E-state index contributed by atoms with van der Waals surface area (Å²) in [6, 6.07) is 3.48. The maximum absolute atomic E-state index is 11.5. The van der Waals surface area contributed by atoms with Gasteiger partial charge in [0.15, 0.2) is 0 Å². The second-order valence-electron chi connectivity index (χ2n) is 3.51. The Kier molecular flexibility index (Phi) is 4.09. The van der Waals surface area contributed by atoms with Crippen molar-refractivity contribution in [3.63, 3.8) is 0 Å². The number of nitrogens with one attached hydrogen (secondary N) is 2. The minimum atomic E-state index is -0.237. The van der Waals surface area contributed by atoms with Crippen molar-refractivity contribution in [1.82, 2.24) is 4.98 Å². The van der Waals surface area contributed by atoms with Crippen molar-refractivity contribution in [3.05, 3.63) is 28.2 Å². The van der Waals surface area contributed by atoms with E-state index in [1.165, 1.54) is 6.92 Å². The summed E-state index contributed by atoms with van der Waals surface area (Å²) in [5, 5.41) is 2.47. The molecule has 0 radical (unpaired) electrons. The second kappa shape index (κ2) is 5.34. The Labute approximate surface area is 88.7 Å². The molecule has 2 N–H and O–H groups in total. The monoisotopic (exact) mass is 208 g/mol. The molecule has 0 saturated carbocycles. The SMILES string of the molecule is CCCCc1ccc(NC(C)=O)c(=O)[nH]1. The highest BCUT2D eigenvalue weighted by Gasteiger charge is 2.01. The zero-order valence-electron chi connectivity index (χ0n) is 9.09. The van der Waals surface area contributed by atoms with Crippen LogP contribution >= 0.6 is 0 Å². The molecule has 82 valence electrons. The summed E-state index contributed by atoms with van der Waals surface area (Å²) in [6.45, 7) is 3.48. The Bertz CT molecular complexity index is 396. The smallest absolute Gasteiger partial charge is 0.271 e. The first-order valence-electron chi connectivity index (χ1n) is 5.13. The van der Waals surface area contributed by atoms with Crippen LogP contribution in [0, 0.1) is 0 Å². The van der Waals surface area contributed by atoms with E-state index in [4.69, 9.17) is 0 Å². The van der Waals surface area contributed by atoms with Gasteiger partial charge in [-0.3, -0.25) is 9.59 Å². The van der Waals surface area contributed by atoms with E-state index in [2.05, 4.69) is 17.2 Å². The van der Waals surface area contributed by atoms with Crippen molar-refractivity contribution in [1.29, 1.82) is 0 Å². The number of aromatic amines is 1. The highest BCUT2D eigenvalue weighted by molar-refractivity contribution is 5.88. The minimum absolute atomic E-state index is 0.234. The summed E-state index contributed by atoms with van der Waals surface area (Å²) in [6.07, 6.45) is 3.01. The molecule has 1 heterocycles. The van der Waals surface area contributed by atoms with E-state index in [9.17, 15) is 9.59 Å². The molecule has 0 fully saturated rings. The summed E-state index contributed by atoms with van der Waals surface area (Å²) in [4.78, 5) is 25.0. The topological polar surface area (TPSA) is 62.0 Å². The highest BCUT2D eigenvalue weighted by Crippen LogP contribution is 2.03. The maximum atomic E-state index is 11.5. The van der Waals surface area contributed by atoms with Crippen LogP contribution in [0.5, 0.6) is 0 Å². The molecule has 1 rings (SSSR count). The van der Waals surface area contributed by atoms with Crippen LogP contribution in [-0.4, -0.2) is 10.9 Å². The molecule has 1 amide bonds. The van der Waals surface area contributed by atoms with Gasteiger partial charge in [0.05, 0.1) is 0 Å². The molecule has 4 heteroatoms. The summed E-state index contributed by atoms with van der Waals surface area (Å²) in [7, 11) is 0. The fourth-order valence-corrected chi connectivity index (χ4v) is 1.32. The second-order valence-corrected chi connectivity index (χ2v) is 3.51. The number of aryl methyl sites for hydroxylation is 1. The molecule has 0 spiro atoms. The summed E-state index contributed by atoms with van der Waals surface area (Å²) >= 11 is 0. The van der Waals surface area contributed by atoms with Crippen LogP contribution in [0.4, 0.5) is 5.69 Å². The fourth-order valence-electron chi connectivity index (χ4n) is 1.32. The van der Waals surface area contributed by atoms with Gasteiger partial charge < -0.3 is 10.3 Å². The lowest BCUT2D eigenvalue weighted by Crippen LogP contribution is -2.18. The zero-order valence-corrected chi connectivity index (χ0v) is 9.09. The zero-order chi connectivity index (χ0) is 11.3. The van der Waals surface area contributed by atoms with Crippen molar-refractivity contribution in [2.24, 2.45) is 0 Å². The first kappa shape index (κ1) is 11.5. The van der Waals surface area contributed by atoms with E-state index in [0.29, 0.717) is 5.69 Å². The van der Waals surface area contributed by atoms with Crippen molar-refractivity contribution in [2.45, 2.75) is 33.1 Å². The standard InChI is InChI=1S/C11H16N2O2/c1-3-4-5-9-6-7-10(11(15)13-9)12-8(2)14/h6-7H,3-5H2,1-2H3,(H,12,14)(H,13,15).